The molecule has 19 heavy (non-hydrogen) atoms. The maximum absolute atomic E-state index is 11.7. The van der Waals surface area contributed by atoms with E-state index in [0.29, 0.717) is 11.3 Å². The van der Waals surface area contributed by atoms with E-state index in [1.54, 1.807) is 6.07 Å². The molecular weight excluding hydrogens is 244 g/mol. The zero-order valence-corrected chi connectivity index (χ0v) is 9.94. The van der Waals surface area contributed by atoms with Crippen LogP contribution in [0.5, 0.6) is 0 Å². The predicted octanol–water partition coefficient (Wildman–Crippen LogP) is -0.0642. The highest BCUT2D eigenvalue weighted by atomic mass is 16.2. The number of carbonyl (C=O) groups excluding carboxylic acids is 2. The number of amides is 2. The number of rotatable bonds is 2. The van der Waals surface area contributed by atoms with Crippen molar-refractivity contribution in [3.05, 3.63) is 42.0 Å². The molecule has 1 aliphatic heterocycles. The van der Waals surface area contributed by atoms with Gasteiger partial charge in [-0.05, 0) is 5.39 Å². The molecular formula is C13H12N4O2. The van der Waals surface area contributed by atoms with Gasteiger partial charge in [0.2, 0.25) is 5.54 Å². The highest BCUT2D eigenvalue weighted by molar-refractivity contribution is 6.14. The summed E-state index contributed by atoms with van der Waals surface area (Å²) in [7, 11) is 0. The molecule has 0 aliphatic carbocycles. The Morgan fingerprint density at radius 1 is 1.00 bits per heavy atom. The largest absolute Gasteiger partial charge is 0.367 e. The van der Waals surface area contributed by atoms with Crippen LogP contribution < -0.4 is 22.3 Å². The van der Waals surface area contributed by atoms with Crippen molar-refractivity contribution in [3.8, 4) is 0 Å². The van der Waals surface area contributed by atoms with Gasteiger partial charge >= 0.3 is 0 Å². The van der Waals surface area contributed by atoms with E-state index in [-0.39, 0.29) is 0 Å². The first kappa shape index (κ1) is 11.5. The standard InChI is InChI=1S/C13H12N4O2/c14-11(18)13(12(15)19)9-6-5-7-3-1-2-4-8(7)10(9)16-17-13/h1-6,16-17H,(H2,14,18)(H2,15,19). The number of nitrogens with two attached hydrogens (primary N) is 2. The maximum atomic E-state index is 11.7. The fraction of sp³-hybridized carbons (Fsp3) is 0.0769. The van der Waals surface area contributed by atoms with Gasteiger partial charge in [-0.3, -0.25) is 9.59 Å². The summed E-state index contributed by atoms with van der Waals surface area (Å²) in [5, 5.41) is 1.87. The van der Waals surface area contributed by atoms with Crippen molar-refractivity contribution in [2.45, 2.75) is 5.54 Å². The van der Waals surface area contributed by atoms with Crippen LogP contribution in [0.4, 0.5) is 5.69 Å². The summed E-state index contributed by atoms with van der Waals surface area (Å²) in [6, 6.07) is 11.1. The van der Waals surface area contributed by atoms with Gasteiger partial charge in [0.15, 0.2) is 0 Å². The van der Waals surface area contributed by atoms with Crippen LogP contribution in [0.2, 0.25) is 0 Å². The van der Waals surface area contributed by atoms with Crippen molar-refractivity contribution in [2.24, 2.45) is 11.5 Å². The molecule has 1 heterocycles. The zero-order chi connectivity index (χ0) is 13.6. The first-order chi connectivity index (χ1) is 9.07. The third kappa shape index (κ3) is 1.34. The summed E-state index contributed by atoms with van der Waals surface area (Å²) in [6.07, 6.45) is 0. The SMILES string of the molecule is NC(=O)C1(C(N)=O)NNc2c1ccc1ccccc21. The highest BCUT2D eigenvalue weighted by Crippen LogP contribution is 2.38. The van der Waals surface area contributed by atoms with Crippen molar-refractivity contribution < 1.29 is 9.59 Å². The second kappa shape index (κ2) is 3.69. The van der Waals surface area contributed by atoms with Crippen LogP contribution in [0.1, 0.15) is 5.56 Å². The Bertz CT molecular complexity index is 697. The lowest BCUT2D eigenvalue weighted by Gasteiger charge is -2.21. The summed E-state index contributed by atoms with van der Waals surface area (Å²) < 4.78 is 0. The van der Waals surface area contributed by atoms with E-state index in [1.807, 2.05) is 30.3 Å². The number of benzene rings is 2. The van der Waals surface area contributed by atoms with Crippen molar-refractivity contribution in [3.63, 3.8) is 0 Å². The number of fused-ring (bicyclic) bond motifs is 3. The van der Waals surface area contributed by atoms with Crippen molar-refractivity contribution in [2.75, 3.05) is 5.43 Å². The Morgan fingerprint density at radius 3 is 2.37 bits per heavy atom. The molecule has 0 atom stereocenters. The van der Waals surface area contributed by atoms with Gasteiger partial charge in [-0.2, -0.15) is 0 Å². The molecule has 0 bridgehead atoms. The molecule has 6 nitrogen and oxygen atoms in total. The molecule has 0 aromatic heterocycles. The Labute approximate surface area is 108 Å². The number of primary amides is 2. The molecule has 3 rings (SSSR count). The van der Waals surface area contributed by atoms with Crippen LogP contribution in [0, 0.1) is 0 Å². The number of nitrogens with one attached hydrogen (secondary N) is 2. The Hall–Kier alpha value is -2.60. The minimum absolute atomic E-state index is 0.450. The molecule has 96 valence electrons. The third-order valence-electron chi connectivity index (χ3n) is 3.45. The van der Waals surface area contributed by atoms with Crippen LogP contribution in [0.15, 0.2) is 36.4 Å². The summed E-state index contributed by atoms with van der Waals surface area (Å²) in [6.45, 7) is 0. The Kier molecular flexibility index (Phi) is 2.23. The lowest BCUT2D eigenvalue weighted by Crippen LogP contribution is -2.59. The molecule has 6 heteroatoms. The number of carbonyl (C=O) groups is 2. The quantitative estimate of drug-likeness (QED) is 0.564. The molecule has 2 aromatic carbocycles. The molecule has 2 amide bonds. The van der Waals surface area contributed by atoms with Crippen LogP contribution in [0.3, 0.4) is 0 Å². The van der Waals surface area contributed by atoms with Crippen molar-refractivity contribution in [1.82, 2.24) is 5.43 Å². The van der Waals surface area contributed by atoms with Gasteiger partial charge in [-0.1, -0.05) is 36.4 Å². The number of hydrogen-bond acceptors (Lipinski definition) is 4. The molecule has 0 radical (unpaired) electrons. The van der Waals surface area contributed by atoms with E-state index >= 15 is 0 Å². The number of hydrogen-bond donors (Lipinski definition) is 4. The smallest absolute Gasteiger partial charge is 0.253 e. The normalized spacial score (nSPS) is 15.8. The first-order valence-electron chi connectivity index (χ1n) is 5.72. The lowest BCUT2D eigenvalue weighted by atomic mass is 9.87. The van der Waals surface area contributed by atoms with E-state index in [1.165, 1.54) is 0 Å². The van der Waals surface area contributed by atoms with Crippen molar-refractivity contribution >= 4 is 28.3 Å². The van der Waals surface area contributed by atoms with Gasteiger partial charge in [-0.25, -0.2) is 5.43 Å². The Balaban J connectivity index is 2.34. The molecule has 0 unspecified atom stereocenters. The fourth-order valence-electron chi connectivity index (χ4n) is 2.45. The minimum atomic E-state index is -1.71. The molecule has 0 saturated heterocycles. The summed E-state index contributed by atoms with van der Waals surface area (Å²) in [5.41, 5.74) is 15.6. The third-order valence-corrected chi connectivity index (χ3v) is 3.45. The summed E-state index contributed by atoms with van der Waals surface area (Å²) in [4.78, 5) is 23.4. The topological polar surface area (TPSA) is 110 Å². The van der Waals surface area contributed by atoms with E-state index in [4.69, 9.17) is 11.5 Å². The zero-order valence-electron chi connectivity index (χ0n) is 9.94. The molecule has 0 spiro atoms. The summed E-state index contributed by atoms with van der Waals surface area (Å²) >= 11 is 0. The first-order valence-corrected chi connectivity index (χ1v) is 5.72. The second-order valence-electron chi connectivity index (χ2n) is 4.44. The number of anilines is 1. The van der Waals surface area contributed by atoms with E-state index in [0.717, 1.165) is 10.8 Å². The van der Waals surface area contributed by atoms with E-state index < -0.39 is 17.4 Å². The van der Waals surface area contributed by atoms with Gasteiger partial charge in [0, 0.05) is 10.9 Å². The number of hydrazine groups is 1. The van der Waals surface area contributed by atoms with Crippen molar-refractivity contribution in [1.29, 1.82) is 0 Å². The predicted molar refractivity (Wildman–Crippen MR) is 70.8 cm³/mol. The molecule has 0 saturated carbocycles. The lowest BCUT2D eigenvalue weighted by molar-refractivity contribution is -0.135. The molecule has 0 fully saturated rings. The molecule has 1 aliphatic rings. The second-order valence-corrected chi connectivity index (χ2v) is 4.44. The fourth-order valence-corrected chi connectivity index (χ4v) is 2.45. The average Bonchev–Trinajstić information content (AvgIpc) is 2.79. The van der Waals surface area contributed by atoms with Gasteiger partial charge in [-0.15, -0.1) is 0 Å². The monoisotopic (exact) mass is 256 g/mol. The van der Waals surface area contributed by atoms with Crippen LogP contribution in [-0.2, 0) is 15.1 Å². The average molecular weight is 256 g/mol. The van der Waals surface area contributed by atoms with Crippen LogP contribution in [0.25, 0.3) is 10.8 Å². The molecule has 6 N–H and O–H groups in total. The summed E-state index contributed by atoms with van der Waals surface area (Å²) in [5.74, 6) is -1.66. The minimum Gasteiger partial charge on any atom is -0.367 e. The molecule has 2 aromatic rings. The Morgan fingerprint density at radius 2 is 1.68 bits per heavy atom. The van der Waals surface area contributed by atoms with Gasteiger partial charge in [0.05, 0.1) is 5.69 Å². The van der Waals surface area contributed by atoms with Gasteiger partial charge < -0.3 is 16.9 Å². The van der Waals surface area contributed by atoms with Crippen LogP contribution in [-0.4, -0.2) is 11.8 Å². The highest BCUT2D eigenvalue weighted by Gasteiger charge is 2.50. The van der Waals surface area contributed by atoms with Gasteiger partial charge in [0.1, 0.15) is 0 Å². The van der Waals surface area contributed by atoms with E-state index in [9.17, 15) is 9.59 Å². The van der Waals surface area contributed by atoms with E-state index in [2.05, 4.69) is 10.9 Å². The maximum Gasteiger partial charge on any atom is 0.253 e. The van der Waals surface area contributed by atoms with Gasteiger partial charge in [0.25, 0.3) is 11.8 Å². The van der Waals surface area contributed by atoms with Crippen LogP contribution >= 0.6 is 0 Å².